The van der Waals surface area contributed by atoms with Crippen molar-refractivity contribution in [3.8, 4) is 0 Å². The molecule has 0 spiro atoms. The van der Waals surface area contributed by atoms with Gasteiger partial charge in [-0.2, -0.15) is 11.8 Å². The number of thioether (sulfide) groups is 1. The van der Waals surface area contributed by atoms with Crippen molar-refractivity contribution < 1.29 is 4.90 Å². The van der Waals surface area contributed by atoms with E-state index in [0.717, 1.165) is 31.3 Å². The molecule has 122 valence electrons. The van der Waals surface area contributed by atoms with Crippen molar-refractivity contribution in [3.05, 3.63) is 35.4 Å². The third kappa shape index (κ3) is 5.78. The Kier molecular flexibility index (Phi) is 7.49. The molecule has 2 N–H and O–H groups in total. The van der Waals surface area contributed by atoms with Gasteiger partial charge in [-0.05, 0) is 37.6 Å². The van der Waals surface area contributed by atoms with Crippen LogP contribution in [0.1, 0.15) is 17.5 Å². The zero-order valence-electron chi connectivity index (χ0n) is 13.7. The van der Waals surface area contributed by atoms with Crippen molar-refractivity contribution >= 4 is 29.1 Å². The van der Waals surface area contributed by atoms with Crippen LogP contribution in [0.25, 0.3) is 0 Å². The second kappa shape index (κ2) is 9.38. The molecule has 2 rings (SSSR count). The summed E-state index contributed by atoms with van der Waals surface area (Å²) in [7, 11) is 0. The first-order chi connectivity index (χ1) is 10.7. The summed E-state index contributed by atoms with van der Waals surface area (Å²) in [5.74, 6) is 1.20. The largest absolute Gasteiger partial charge is 0.363 e. The highest BCUT2D eigenvalue weighted by atomic mass is 32.2. The number of thiocarbonyl (C=S) groups is 1. The summed E-state index contributed by atoms with van der Waals surface area (Å²) in [6.45, 7) is 8.75. The van der Waals surface area contributed by atoms with Crippen LogP contribution in [0.2, 0.25) is 0 Å². The van der Waals surface area contributed by atoms with Gasteiger partial charge >= 0.3 is 0 Å². The minimum atomic E-state index is 0.940. The van der Waals surface area contributed by atoms with Crippen LogP contribution in [0.5, 0.6) is 0 Å². The van der Waals surface area contributed by atoms with Crippen LogP contribution < -0.4 is 10.2 Å². The van der Waals surface area contributed by atoms with E-state index in [9.17, 15) is 0 Å². The van der Waals surface area contributed by atoms with Gasteiger partial charge in [0.05, 0.1) is 26.2 Å². The normalized spacial score (nSPS) is 15.8. The Balaban J connectivity index is 1.70. The minimum absolute atomic E-state index is 0.940. The van der Waals surface area contributed by atoms with E-state index in [1.54, 1.807) is 4.90 Å². The summed E-state index contributed by atoms with van der Waals surface area (Å²) in [5.41, 5.74) is 2.80. The Labute approximate surface area is 144 Å². The predicted molar refractivity (Wildman–Crippen MR) is 101 cm³/mol. The lowest BCUT2D eigenvalue weighted by molar-refractivity contribution is -0.917. The maximum Gasteiger partial charge on any atom is 0.169 e. The molecule has 1 fully saturated rings. The van der Waals surface area contributed by atoms with Crippen molar-refractivity contribution in [2.24, 2.45) is 0 Å². The van der Waals surface area contributed by atoms with Crippen LogP contribution in [0, 0.1) is 6.92 Å². The standard InChI is InChI=1S/C17H27N3S2/c1-15-5-3-6-16(13-15)14-19-8-10-20(11-9-19)17(21)18-7-4-12-22-2/h3,5-6,13H,4,7-12,14H2,1-2H3,(H,18,21)/p+1. The quantitative estimate of drug-likeness (QED) is 0.602. The van der Waals surface area contributed by atoms with Gasteiger partial charge in [0.25, 0.3) is 0 Å². The van der Waals surface area contributed by atoms with Gasteiger partial charge in [-0.3, -0.25) is 0 Å². The van der Waals surface area contributed by atoms with E-state index < -0.39 is 0 Å². The molecule has 0 unspecified atom stereocenters. The average Bonchev–Trinajstić information content (AvgIpc) is 2.52. The maximum atomic E-state index is 5.51. The lowest BCUT2D eigenvalue weighted by Crippen LogP contribution is -3.13. The topological polar surface area (TPSA) is 19.7 Å². The second-order valence-corrected chi connectivity index (χ2v) is 7.35. The van der Waals surface area contributed by atoms with Crippen LogP contribution >= 0.6 is 24.0 Å². The highest BCUT2D eigenvalue weighted by Crippen LogP contribution is 2.02. The minimum Gasteiger partial charge on any atom is -0.363 e. The number of aryl methyl sites for hydroxylation is 1. The van der Waals surface area contributed by atoms with E-state index >= 15 is 0 Å². The molecule has 5 heteroatoms. The molecule has 1 aliphatic heterocycles. The molecule has 3 nitrogen and oxygen atoms in total. The number of rotatable bonds is 6. The summed E-state index contributed by atoms with van der Waals surface area (Å²) in [6.07, 6.45) is 3.33. The van der Waals surface area contributed by atoms with E-state index in [1.165, 1.54) is 36.4 Å². The Hall–Kier alpha value is -0.780. The fraction of sp³-hybridized carbons (Fsp3) is 0.588. The van der Waals surface area contributed by atoms with E-state index in [-0.39, 0.29) is 0 Å². The fourth-order valence-electron chi connectivity index (χ4n) is 2.84. The first-order valence-electron chi connectivity index (χ1n) is 8.10. The molecule has 1 heterocycles. The molecule has 0 aliphatic carbocycles. The number of nitrogens with one attached hydrogen (secondary N) is 2. The SMILES string of the molecule is CSCCCNC(=S)N1CC[NH+](Cc2cccc(C)c2)CC1. The molecule has 1 aliphatic rings. The fourth-order valence-corrected chi connectivity index (χ4v) is 3.55. The van der Waals surface area contributed by atoms with Crippen molar-refractivity contribution in [2.75, 3.05) is 44.7 Å². The third-order valence-corrected chi connectivity index (χ3v) is 5.20. The van der Waals surface area contributed by atoms with Gasteiger partial charge in [-0.15, -0.1) is 0 Å². The van der Waals surface area contributed by atoms with Crippen LogP contribution in [-0.4, -0.2) is 54.7 Å². The first-order valence-corrected chi connectivity index (χ1v) is 9.90. The van der Waals surface area contributed by atoms with E-state index in [2.05, 4.69) is 47.7 Å². The number of nitrogens with zero attached hydrogens (tertiary/aromatic N) is 1. The molecule has 1 aromatic carbocycles. The highest BCUT2D eigenvalue weighted by Gasteiger charge is 2.21. The summed E-state index contributed by atoms with van der Waals surface area (Å²) in [6, 6.07) is 8.87. The van der Waals surface area contributed by atoms with Crippen molar-refractivity contribution in [3.63, 3.8) is 0 Å². The average molecular weight is 339 g/mol. The Bertz CT molecular complexity index is 471. The first kappa shape index (κ1) is 17.6. The Morgan fingerprint density at radius 2 is 2.14 bits per heavy atom. The van der Waals surface area contributed by atoms with Crippen LogP contribution in [0.4, 0.5) is 0 Å². The number of quaternary nitrogens is 1. The van der Waals surface area contributed by atoms with Gasteiger partial charge < -0.3 is 15.1 Å². The smallest absolute Gasteiger partial charge is 0.169 e. The number of benzene rings is 1. The van der Waals surface area contributed by atoms with E-state index in [1.807, 2.05) is 11.8 Å². The molecule has 0 atom stereocenters. The van der Waals surface area contributed by atoms with Gasteiger partial charge in [0.15, 0.2) is 5.11 Å². The summed E-state index contributed by atoms with van der Waals surface area (Å²) < 4.78 is 0. The van der Waals surface area contributed by atoms with Crippen molar-refractivity contribution in [1.29, 1.82) is 0 Å². The lowest BCUT2D eigenvalue weighted by Gasteiger charge is -2.34. The molecule has 1 saturated heterocycles. The van der Waals surface area contributed by atoms with E-state index in [0.29, 0.717) is 0 Å². The predicted octanol–water partition coefficient (Wildman–Crippen LogP) is 1.32. The number of piperazine rings is 1. The lowest BCUT2D eigenvalue weighted by atomic mass is 10.1. The molecule has 1 aromatic rings. The van der Waals surface area contributed by atoms with Gasteiger partial charge in [-0.1, -0.05) is 29.8 Å². The zero-order valence-corrected chi connectivity index (χ0v) is 15.4. The molecule has 0 radical (unpaired) electrons. The molecule has 0 aromatic heterocycles. The van der Waals surface area contributed by atoms with Gasteiger partial charge in [0.1, 0.15) is 6.54 Å². The summed E-state index contributed by atoms with van der Waals surface area (Å²) in [4.78, 5) is 3.99. The van der Waals surface area contributed by atoms with Gasteiger partial charge in [-0.25, -0.2) is 0 Å². The van der Waals surface area contributed by atoms with E-state index in [4.69, 9.17) is 12.2 Å². The van der Waals surface area contributed by atoms with Crippen LogP contribution in [0.15, 0.2) is 24.3 Å². The van der Waals surface area contributed by atoms with Crippen LogP contribution in [0.3, 0.4) is 0 Å². The zero-order chi connectivity index (χ0) is 15.8. The Morgan fingerprint density at radius 1 is 1.36 bits per heavy atom. The van der Waals surface area contributed by atoms with Crippen molar-refractivity contribution in [1.82, 2.24) is 10.2 Å². The molecule has 0 bridgehead atoms. The summed E-state index contributed by atoms with van der Waals surface area (Å²) in [5, 5.41) is 4.33. The number of hydrogen-bond acceptors (Lipinski definition) is 2. The van der Waals surface area contributed by atoms with Crippen molar-refractivity contribution in [2.45, 2.75) is 19.9 Å². The van der Waals surface area contributed by atoms with Gasteiger partial charge in [0.2, 0.25) is 0 Å². The molecular formula is C17H28N3S2+. The third-order valence-electron chi connectivity index (χ3n) is 4.10. The maximum absolute atomic E-state index is 5.51. The van der Waals surface area contributed by atoms with Crippen LogP contribution in [-0.2, 0) is 6.54 Å². The molecule has 0 saturated carbocycles. The summed E-state index contributed by atoms with van der Waals surface area (Å²) >= 11 is 7.40. The monoisotopic (exact) mass is 338 g/mol. The molecule has 0 amide bonds. The second-order valence-electron chi connectivity index (χ2n) is 5.98. The Morgan fingerprint density at radius 3 is 2.82 bits per heavy atom. The number of hydrogen-bond donors (Lipinski definition) is 2. The van der Waals surface area contributed by atoms with Gasteiger partial charge in [0, 0.05) is 12.1 Å². The molecular weight excluding hydrogens is 310 g/mol. The highest BCUT2D eigenvalue weighted by molar-refractivity contribution is 7.98. The molecule has 22 heavy (non-hydrogen) atoms.